The lowest BCUT2D eigenvalue weighted by Gasteiger charge is -2.15. The van der Waals surface area contributed by atoms with Crippen LogP contribution in [0.5, 0.6) is 0 Å². The van der Waals surface area contributed by atoms with Gasteiger partial charge in [-0.2, -0.15) is 0 Å². The first-order valence-electron chi connectivity index (χ1n) is 5.92. The highest BCUT2D eigenvalue weighted by atomic mass is 14.8. The Labute approximate surface area is 102 Å². The smallest absolute Gasteiger partial charge is 0.0661 e. The summed E-state index contributed by atoms with van der Waals surface area (Å²) in [5.74, 6) is 0.299. The van der Waals surface area contributed by atoms with Crippen molar-refractivity contribution in [1.29, 1.82) is 0 Å². The summed E-state index contributed by atoms with van der Waals surface area (Å²) in [6.45, 7) is 0.712. The van der Waals surface area contributed by atoms with Crippen molar-refractivity contribution in [2.45, 2.75) is 18.8 Å². The van der Waals surface area contributed by atoms with E-state index in [-0.39, 0.29) is 0 Å². The molecule has 1 heterocycles. The molecule has 1 aromatic carbocycles. The molecule has 0 fully saturated rings. The molecule has 0 spiro atoms. The highest BCUT2D eigenvalue weighted by Crippen LogP contribution is 2.26. The first-order chi connectivity index (χ1) is 8.42. The van der Waals surface area contributed by atoms with Crippen molar-refractivity contribution < 1.29 is 0 Å². The van der Waals surface area contributed by atoms with Crippen molar-refractivity contribution in [3.63, 3.8) is 0 Å². The molecule has 0 aliphatic heterocycles. The molecule has 1 atom stereocenters. The Morgan fingerprint density at radius 1 is 1.12 bits per heavy atom. The molecule has 1 aromatic heterocycles. The number of hydrogen-bond donors (Lipinski definition) is 1. The van der Waals surface area contributed by atoms with Crippen molar-refractivity contribution in [3.05, 3.63) is 60.2 Å². The molecule has 2 rings (SSSR count). The van der Waals surface area contributed by atoms with Crippen LogP contribution in [0, 0.1) is 0 Å². The molecule has 0 aliphatic rings. The Balaban J connectivity index is 2.26. The van der Waals surface area contributed by atoms with E-state index in [0.717, 1.165) is 18.5 Å². The van der Waals surface area contributed by atoms with Crippen LogP contribution in [0.4, 0.5) is 0 Å². The average molecular weight is 227 g/mol. The van der Waals surface area contributed by atoms with Crippen LogP contribution in [-0.2, 0) is 0 Å². The second-order valence-corrected chi connectivity index (χ2v) is 4.02. The van der Waals surface area contributed by atoms with Gasteiger partial charge in [0, 0.05) is 24.5 Å². The van der Waals surface area contributed by atoms with Crippen molar-refractivity contribution in [3.8, 4) is 0 Å². The molecule has 0 aliphatic carbocycles. The van der Waals surface area contributed by atoms with Gasteiger partial charge in [-0.3, -0.25) is 9.97 Å². The summed E-state index contributed by atoms with van der Waals surface area (Å²) >= 11 is 0. The molecule has 88 valence electrons. The summed E-state index contributed by atoms with van der Waals surface area (Å²) in [6, 6.07) is 10.4. The van der Waals surface area contributed by atoms with E-state index in [9.17, 15) is 0 Å². The van der Waals surface area contributed by atoms with Crippen LogP contribution < -0.4 is 5.73 Å². The average Bonchev–Trinajstić information content (AvgIpc) is 2.42. The van der Waals surface area contributed by atoms with Gasteiger partial charge in [-0.1, -0.05) is 30.3 Å². The zero-order valence-electron chi connectivity index (χ0n) is 9.79. The summed E-state index contributed by atoms with van der Waals surface area (Å²) in [7, 11) is 0. The first kappa shape index (κ1) is 11.7. The summed E-state index contributed by atoms with van der Waals surface area (Å²) in [5.41, 5.74) is 7.90. The largest absolute Gasteiger partial charge is 0.330 e. The third-order valence-electron chi connectivity index (χ3n) is 2.84. The van der Waals surface area contributed by atoms with Gasteiger partial charge in [-0.25, -0.2) is 0 Å². The SMILES string of the molecule is NCCC[C@H](c1ccccc1)c1cnccn1. The zero-order valence-corrected chi connectivity index (χ0v) is 9.79. The number of nitrogens with two attached hydrogens (primary N) is 1. The Bertz CT molecular complexity index is 388. The van der Waals surface area contributed by atoms with Gasteiger partial charge in [0.1, 0.15) is 0 Å². The molecule has 3 heteroatoms. The Morgan fingerprint density at radius 2 is 1.94 bits per heavy atom. The second-order valence-electron chi connectivity index (χ2n) is 4.02. The Morgan fingerprint density at radius 3 is 2.59 bits per heavy atom. The molecule has 0 unspecified atom stereocenters. The third kappa shape index (κ3) is 3.11. The maximum absolute atomic E-state index is 5.60. The second kappa shape index (κ2) is 6.11. The maximum Gasteiger partial charge on any atom is 0.0661 e. The van der Waals surface area contributed by atoms with Crippen molar-refractivity contribution in [2.75, 3.05) is 6.54 Å². The van der Waals surface area contributed by atoms with Gasteiger partial charge < -0.3 is 5.73 Å². The number of aromatic nitrogens is 2. The van der Waals surface area contributed by atoms with Gasteiger partial charge in [-0.15, -0.1) is 0 Å². The van der Waals surface area contributed by atoms with Crippen LogP contribution in [0.2, 0.25) is 0 Å². The molecule has 2 N–H and O–H groups in total. The topological polar surface area (TPSA) is 51.8 Å². The number of hydrogen-bond acceptors (Lipinski definition) is 3. The summed E-state index contributed by atoms with van der Waals surface area (Å²) < 4.78 is 0. The van der Waals surface area contributed by atoms with Gasteiger partial charge in [0.15, 0.2) is 0 Å². The lowest BCUT2D eigenvalue weighted by atomic mass is 9.91. The van der Waals surface area contributed by atoms with E-state index >= 15 is 0 Å². The Hall–Kier alpha value is -1.74. The van der Waals surface area contributed by atoms with Crippen LogP contribution in [0.1, 0.15) is 30.0 Å². The molecule has 0 saturated carbocycles. The minimum atomic E-state index is 0.299. The molecule has 3 nitrogen and oxygen atoms in total. The van der Waals surface area contributed by atoms with Crippen molar-refractivity contribution >= 4 is 0 Å². The fourth-order valence-electron chi connectivity index (χ4n) is 1.98. The fourth-order valence-corrected chi connectivity index (χ4v) is 1.98. The lowest BCUT2D eigenvalue weighted by Crippen LogP contribution is -2.07. The summed E-state index contributed by atoms with van der Waals surface area (Å²) in [4.78, 5) is 8.55. The van der Waals surface area contributed by atoms with E-state index in [4.69, 9.17) is 5.73 Å². The van der Waals surface area contributed by atoms with Crippen molar-refractivity contribution in [2.24, 2.45) is 5.73 Å². The van der Waals surface area contributed by atoms with Gasteiger partial charge in [0.05, 0.1) is 5.69 Å². The molecule has 17 heavy (non-hydrogen) atoms. The minimum absolute atomic E-state index is 0.299. The predicted octanol–water partition coefficient (Wildman–Crippen LogP) is 2.35. The Kier molecular flexibility index (Phi) is 4.22. The van der Waals surface area contributed by atoms with E-state index in [2.05, 4.69) is 34.2 Å². The van der Waals surface area contributed by atoms with E-state index < -0.39 is 0 Å². The molecule has 0 amide bonds. The van der Waals surface area contributed by atoms with E-state index in [1.807, 2.05) is 12.3 Å². The highest BCUT2D eigenvalue weighted by Gasteiger charge is 2.14. The first-order valence-corrected chi connectivity index (χ1v) is 5.92. The summed E-state index contributed by atoms with van der Waals surface area (Å²) in [5, 5.41) is 0. The van der Waals surface area contributed by atoms with E-state index in [1.54, 1.807) is 12.4 Å². The zero-order chi connectivity index (χ0) is 11.9. The fraction of sp³-hybridized carbons (Fsp3) is 0.286. The minimum Gasteiger partial charge on any atom is -0.330 e. The van der Waals surface area contributed by atoms with E-state index in [1.165, 1.54) is 5.56 Å². The van der Waals surface area contributed by atoms with Gasteiger partial charge in [-0.05, 0) is 24.9 Å². The van der Waals surface area contributed by atoms with Crippen LogP contribution in [0.25, 0.3) is 0 Å². The monoisotopic (exact) mass is 227 g/mol. The lowest BCUT2D eigenvalue weighted by molar-refractivity contribution is 0.652. The molecular formula is C14H17N3. The normalized spacial score (nSPS) is 12.3. The van der Waals surface area contributed by atoms with Gasteiger partial charge >= 0.3 is 0 Å². The molecular weight excluding hydrogens is 210 g/mol. The van der Waals surface area contributed by atoms with Gasteiger partial charge in [0.2, 0.25) is 0 Å². The predicted molar refractivity (Wildman–Crippen MR) is 68.6 cm³/mol. The molecule has 0 saturated heterocycles. The standard InChI is InChI=1S/C14H17N3/c15-8-4-7-13(12-5-2-1-3-6-12)14-11-16-9-10-17-14/h1-3,5-6,9-11,13H,4,7-8,15H2/t13-/m1/s1. The quantitative estimate of drug-likeness (QED) is 0.853. The molecule has 0 radical (unpaired) electrons. The van der Waals surface area contributed by atoms with Crippen LogP contribution >= 0.6 is 0 Å². The number of rotatable bonds is 5. The number of benzene rings is 1. The molecule has 2 aromatic rings. The van der Waals surface area contributed by atoms with Crippen LogP contribution in [-0.4, -0.2) is 16.5 Å². The van der Waals surface area contributed by atoms with Crippen LogP contribution in [0.15, 0.2) is 48.9 Å². The van der Waals surface area contributed by atoms with Gasteiger partial charge in [0.25, 0.3) is 0 Å². The maximum atomic E-state index is 5.60. The van der Waals surface area contributed by atoms with Crippen molar-refractivity contribution in [1.82, 2.24) is 9.97 Å². The number of nitrogens with zero attached hydrogens (tertiary/aromatic N) is 2. The van der Waals surface area contributed by atoms with Crippen LogP contribution in [0.3, 0.4) is 0 Å². The summed E-state index contributed by atoms with van der Waals surface area (Å²) in [6.07, 6.45) is 7.30. The van der Waals surface area contributed by atoms with E-state index in [0.29, 0.717) is 12.5 Å². The molecule has 0 bridgehead atoms. The third-order valence-corrected chi connectivity index (χ3v) is 2.84. The highest BCUT2D eigenvalue weighted by molar-refractivity contribution is 5.26.